The van der Waals surface area contributed by atoms with Gasteiger partial charge in [0, 0.05) is 25.6 Å². The Morgan fingerprint density at radius 2 is 1.92 bits per heavy atom. The summed E-state index contributed by atoms with van der Waals surface area (Å²) in [5.41, 5.74) is 0.988. The molecule has 0 radical (unpaired) electrons. The lowest BCUT2D eigenvalue weighted by Gasteiger charge is -2.31. The molecule has 0 unspecified atom stereocenters. The summed E-state index contributed by atoms with van der Waals surface area (Å²) >= 11 is 1.48. The highest BCUT2D eigenvalue weighted by atomic mass is 32.2. The van der Waals surface area contributed by atoms with Crippen LogP contribution in [0.2, 0.25) is 0 Å². The lowest BCUT2D eigenvalue weighted by molar-refractivity contribution is 0.330. The lowest BCUT2D eigenvalue weighted by Crippen LogP contribution is -2.42. The number of hydrogen-bond donors (Lipinski definition) is 1. The Morgan fingerprint density at radius 3 is 2.56 bits per heavy atom. The van der Waals surface area contributed by atoms with Crippen molar-refractivity contribution in [1.29, 1.82) is 0 Å². The second kappa shape index (κ2) is 7.76. The molecule has 1 fully saturated rings. The fraction of sp³-hybridized carbons (Fsp3) is 0.500. The summed E-state index contributed by atoms with van der Waals surface area (Å²) in [7, 11) is -3.10. The first-order valence-electron chi connectivity index (χ1n) is 8.27. The third-order valence-corrected chi connectivity index (χ3v) is 7.01. The summed E-state index contributed by atoms with van der Waals surface area (Å²) in [6, 6.07) is 6.57. The van der Waals surface area contributed by atoms with Crippen molar-refractivity contribution in [2.24, 2.45) is 0 Å². The Kier molecular flexibility index (Phi) is 5.65. The van der Waals surface area contributed by atoms with Gasteiger partial charge in [0.25, 0.3) is 0 Å². The smallest absolute Gasteiger partial charge is 0.213 e. The molecular formula is C16H21FN4O2S2. The van der Waals surface area contributed by atoms with E-state index in [-0.39, 0.29) is 17.6 Å². The van der Waals surface area contributed by atoms with E-state index in [0.29, 0.717) is 19.5 Å². The van der Waals surface area contributed by atoms with Crippen molar-refractivity contribution in [3.8, 4) is 0 Å². The van der Waals surface area contributed by atoms with E-state index < -0.39 is 10.0 Å². The Morgan fingerprint density at radius 1 is 1.24 bits per heavy atom. The van der Waals surface area contributed by atoms with Crippen molar-refractivity contribution in [1.82, 2.24) is 14.5 Å². The van der Waals surface area contributed by atoms with Crippen LogP contribution in [-0.4, -0.2) is 47.8 Å². The van der Waals surface area contributed by atoms with Crippen molar-refractivity contribution in [3.05, 3.63) is 40.7 Å². The molecule has 1 aliphatic rings. The number of nitrogens with zero attached hydrogens (tertiary/aromatic N) is 3. The number of piperidine rings is 1. The van der Waals surface area contributed by atoms with Crippen LogP contribution in [-0.2, 0) is 16.4 Å². The maximum Gasteiger partial charge on any atom is 0.213 e. The molecule has 1 aromatic heterocycles. The third-order valence-electron chi connectivity index (χ3n) is 4.28. The minimum atomic E-state index is -3.10. The van der Waals surface area contributed by atoms with Gasteiger partial charge in [0.15, 0.2) is 0 Å². The topological polar surface area (TPSA) is 75.2 Å². The molecular weight excluding hydrogens is 363 g/mol. The van der Waals surface area contributed by atoms with Gasteiger partial charge in [-0.25, -0.2) is 17.1 Å². The molecule has 1 aromatic carbocycles. The van der Waals surface area contributed by atoms with E-state index in [9.17, 15) is 12.8 Å². The van der Waals surface area contributed by atoms with Crippen molar-refractivity contribution < 1.29 is 12.8 Å². The first-order valence-corrected chi connectivity index (χ1v) is 10.7. The molecule has 1 saturated heterocycles. The zero-order valence-corrected chi connectivity index (χ0v) is 15.6. The standard InChI is InChI=1S/C16H21FN4O2S2/c1-2-25(22,23)21-9-7-14(8-10-21)18-16-20-19-15(24-16)11-12-3-5-13(17)6-4-12/h3-6,14H,2,7-11H2,1H3,(H,18,20). The lowest BCUT2D eigenvalue weighted by atomic mass is 10.1. The van der Waals surface area contributed by atoms with Crippen LogP contribution >= 0.6 is 11.3 Å². The predicted octanol–water partition coefficient (Wildman–Crippen LogP) is 2.49. The minimum Gasteiger partial charge on any atom is -0.357 e. The number of hydrogen-bond acceptors (Lipinski definition) is 6. The second-order valence-electron chi connectivity index (χ2n) is 6.02. The summed E-state index contributed by atoms with van der Waals surface area (Å²) in [4.78, 5) is 0. The van der Waals surface area contributed by atoms with Crippen molar-refractivity contribution in [3.63, 3.8) is 0 Å². The van der Waals surface area contributed by atoms with E-state index in [1.165, 1.54) is 23.5 Å². The molecule has 2 heterocycles. The summed E-state index contributed by atoms with van der Waals surface area (Å²) in [5, 5.41) is 13.3. The quantitative estimate of drug-likeness (QED) is 0.828. The molecule has 0 amide bonds. The van der Waals surface area contributed by atoms with Crippen LogP contribution in [0.4, 0.5) is 9.52 Å². The average Bonchev–Trinajstić information content (AvgIpc) is 3.04. The molecule has 2 aromatic rings. The monoisotopic (exact) mass is 384 g/mol. The highest BCUT2D eigenvalue weighted by Crippen LogP contribution is 2.23. The Labute approximate surface area is 151 Å². The Hall–Kier alpha value is -1.58. The number of benzene rings is 1. The molecule has 9 heteroatoms. The van der Waals surface area contributed by atoms with Gasteiger partial charge in [0.2, 0.25) is 15.2 Å². The van der Waals surface area contributed by atoms with Crippen LogP contribution in [0.3, 0.4) is 0 Å². The number of sulfonamides is 1. The fourth-order valence-corrected chi connectivity index (χ4v) is 4.78. The Bertz CT molecular complexity index is 800. The van der Waals surface area contributed by atoms with Gasteiger partial charge in [0.1, 0.15) is 10.8 Å². The van der Waals surface area contributed by atoms with Crippen molar-refractivity contribution >= 4 is 26.5 Å². The average molecular weight is 385 g/mol. The van der Waals surface area contributed by atoms with E-state index >= 15 is 0 Å². The van der Waals surface area contributed by atoms with Gasteiger partial charge in [-0.05, 0) is 37.5 Å². The molecule has 0 aliphatic carbocycles. The van der Waals surface area contributed by atoms with Gasteiger partial charge in [-0.15, -0.1) is 10.2 Å². The van der Waals surface area contributed by atoms with Gasteiger partial charge >= 0.3 is 0 Å². The van der Waals surface area contributed by atoms with Crippen LogP contribution in [0.5, 0.6) is 0 Å². The molecule has 6 nitrogen and oxygen atoms in total. The highest BCUT2D eigenvalue weighted by molar-refractivity contribution is 7.89. The fourth-order valence-electron chi connectivity index (χ4n) is 2.80. The molecule has 0 atom stereocenters. The van der Waals surface area contributed by atoms with Crippen LogP contribution in [0.1, 0.15) is 30.3 Å². The van der Waals surface area contributed by atoms with Gasteiger partial charge in [-0.1, -0.05) is 23.5 Å². The molecule has 25 heavy (non-hydrogen) atoms. The van der Waals surface area contributed by atoms with Crippen LogP contribution in [0.25, 0.3) is 0 Å². The summed E-state index contributed by atoms with van der Waals surface area (Å²) < 4.78 is 38.3. The van der Waals surface area contributed by atoms with Gasteiger partial charge in [-0.3, -0.25) is 0 Å². The Balaban J connectivity index is 1.53. The van der Waals surface area contributed by atoms with Gasteiger partial charge in [0.05, 0.1) is 5.75 Å². The molecule has 0 spiro atoms. The minimum absolute atomic E-state index is 0.147. The summed E-state index contributed by atoms with van der Waals surface area (Å²) in [6.45, 7) is 2.74. The van der Waals surface area contributed by atoms with E-state index in [1.807, 2.05) is 0 Å². The molecule has 3 rings (SSSR count). The van der Waals surface area contributed by atoms with Crippen molar-refractivity contribution in [2.45, 2.75) is 32.2 Å². The maximum atomic E-state index is 12.9. The van der Waals surface area contributed by atoms with E-state index in [0.717, 1.165) is 28.5 Å². The third kappa shape index (κ3) is 4.74. The number of aromatic nitrogens is 2. The number of anilines is 1. The van der Waals surface area contributed by atoms with Crippen LogP contribution in [0.15, 0.2) is 24.3 Å². The first-order chi connectivity index (χ1) is 12.0. The number of nitrogens with one attached hydrogen (secondary N) is 1. The SMILES string of the molecule is CCS(=O)(=O)N1CCC(Nc2nnc(Cc3ccc(F)cc3)s2)CC1. The zero-order valence-electron chi connectivity index (χ0n) is 14.0. The van der Waals surface area contributed by atoms with Gasteiger partial charge < -0.3 is 5.32 Å². The molecule has 0 saturated carbocycles. The zero-order chi connectivity index (χ0) is 17.9. The molecule has 136 valence electrons. The molecule has 1 N–H and O–H groups in total. The normalized spacial score (nSPS) is 16.9. The second-order valence-corrected chi connectivity index (χ2v) is 9.34. The summed E-state index contributed by atoms with van der Waals surface area (Å²) in [6.07, 6.45) is 2.13. The maximum absolute atomic E-state index is 12.9. The van der Waals surface area contributed by atoms with E-state index in [1.54, 1.807) is 23.4 Å². The number of rotatable bonds is 6. The largest absolute Gasteiger partial charge is 0.357 e. The molecule has 1 aliphatic heterocycles. The van der Waals surface area contributed by atoms with Crippen molar-refractivity contribution in [2.75, 3.05) is 24.2 Å². The first kappa shape index (κ1) is 18.2. The van der Waals surface area contributed by atoms with Crippen LogP contribution < -0.4 is 5.32 Å². The van der Waals surface area contributed by atoms with E-state index in [2.05, 4.69) is 15.5 Å². The molecule has 0 bridgehead atoms. The summed E-state index contributed by atoms with van der Waals surface area (Å²) in [5.74, 6) is -0.103. The van der Waals surface area contributed by atoms with E-state index in [4.69, 9.17) is 0 Å². The number of halogens is 1. The highest BCUT2D eigenvalue weighted by Gasteiger charge is 2.27. The predicted molar refractivity (Wildman–Crippen MR) is 96.8 cm³/mol. The van der Waals surface area contributed by atoms with Gasteiger partial charge in [-0.2, -0.15) is 0 Å². The van der Waals surface area contributed by atoms with Crippen LogP contribution in [0, 0.1) is 5.82 Å².